The van der Waals surface area contributed by atoms with Crippen LogP contribution in [0.25, 0.3) is 0 Å². The lowest BCUT2D eigenvalue weighted by Gasteiger charge is -2.46. The fraction of sp³-hybridized carbons (Fsp3) is 0.417. The summed E-state index contributed by atoms with van der Waals surface area (Å²) in [5, 5.41) is 8.60. The maximum Gasteiger partial charge on any atom is 0.329 e. The van der Waals surface area contributed by atoms with E-state index < -0.39 is 28.2 Å². The van der Waals surface area contributed by atoms with Crippen molar-refractivity contribution in [1.82, 2.24) is 4.31 Å². The summed E-state index contributed by atoms with van der Waals surface area (Å²) in [6.45, 7) is 1.51. The Bertz CT molecular complexity index is 670. The SMILES string of the molecule is CC1(OCC(=O)O)CN(S(=O)(=O)c2cc(Br)ccc2Br)C1. The van der Waals surface area contributed by atoms with E-state index in [1.54, 1.807) is 19.1 Å². The second kappa shape index (κ2) is 5.96. The van der Waals surface area contributed by atoms with E-state index in [2.05, 4.69) is 31.9 Å². The van der Waals surface area contributed by atoms with Crippen molar-refractivity contribution < 1.29 is 23.1 Å². The lowest BCUT2D eigenvalue weighted by Crippen LogP contribution is -2.63. The molecule has 1 aliphatic rings. The van der Waals surface area contributed by atoms with Crippen LogP contribution in [0.15, 0.2) is 32.0 Å². The van der Waals surface area contributed by atoms with Gasteiger partial charge in [0.1, 0.15) is 6.61 Å². The molecule has 1 fully saturated rings. The maximum absolute atomic E-state index is 12.5. The minimum atomic E-state index is -3.64. The van der Waals surface area contributed by atoms with Gasteiger partial charge >= 0.3 is 5.97 Å². The van der Waals surface area contributed by atoms with Gasteiger partial charge in [0.15, 0.2) is 0 Å². The molecule has 1 N–H and O–H groups in total. The van der Waals surface area contributed by atoms with E-state index in [1.165, 1.54) is 10.4 Å². The average molecular weight is 443 g/mol. The molecule has 0 spiro atoms. The van der Waals surface area contributed by atoms with Gasteiger partial charge in [0.2, 0.25) is 10.0 Å². The van der Waals surface area contributed by atoms with E-state index in [4.69, 9.17) is 9.84 Å². The molecule has 1 aliphatic heterocycles. The highest BCUT2D eigenvalue weighted by Gasteiger charge is 2.47. The van der Waals surface area contributed by atoms with Crippen molar-refractivity contribution in [3.8, 4) is 0 Å². The smallest absolute Gasteiger partial charge is 0.329 e. The highest BCUT2D eigenvalue weighted by atomic mass is 79.9. The van der Waals surface area contributed by atoms with E-state index in [0.29, 0.717) is 8.95 Å². The number of carbonyl (C=O) groups is 1. The Balaban J connectivity index is 2.13. The van der Waals surface area contributed by atoms with Gasteiger partial charge in [0.25, 0.3) is 0 Å². The maximum atomic E-state index is 12.5. The number of rotatable bonds is 5. The molecule has 0 saturated carbocycles. The number of aliphatic carboxylic acids is 1. The summed E-state index contributed by atoms with van der Waals surface area (Å²) < 4.78 is 32.7. The molecule has 0 bridgehead atoms. The summed E-state index contributed by atoms with van der Waals surface area (Å²) in [6.07, 6.45) is 0. The largest absolute Gasteiger partial charge is 0.480 e. The van der Waals surface area contributed by atoms with Crippen LogP contribution >= 0.6 is 31.9 Å². The van der Waals surface area contributed by atoms with Crippen LogP contribution in [-0.4, -0.2) is 49.1 Å². The number of ether oxygens (including phenoxy) is 1. The fourth-order valence-electron chi connectivity index (χ4n) is 2.01. The molecule has 1 heterocycles. The second-order valence-corrected chi connectivity index (χ2v) is 8.66. The van der Waals surface area contributed by atoms with Gasteiger partial charge in [-0.05, 0) is 41.1 Å². The molecule has 1 aromatic carbocycles. The first kappa shape index (κ1) is 16.9. The molecule has 0 atom stereocenters. The van der Waals surface area contributed by atoms with Crippen LogP contribution in [0.4, 0.5) is 0 Å². The van der Waals surface area contributed by atoms with Crippen molar-refractivity contribution in [2.75, 3.05) is 19.7 Å². The number of benzene rings is 1. The van der Waals surface area contributed by atoms with Crippen LogP contribution in [-0.2, 0) is 19.6 Å². The van der Waals surface area contributed by atoms with Crippen LogP contribution in [0.2, 0.25) is 0 Å². The lowest BCUT2D eigenvalue weighted by molar-refractivity contribution is -0.157. The average Bonchev–Trinajstić information content (AvgIpc) is 2.35. The molecule has 0 radical (unpaired) electrons. The molecule has 21 heavy (non-hydrogen) atoms. The Morgan fingerprint density at radius 2 is 2.05 bits per heavy atom. The van der Waals surface area contributed by atoms with E-state index in [1.807, 2.05) is 0 Å². The zero-order chi connectivity index (χ0) is 15.8. The van der Waals surface area contributed by atoms with Crippen molar-refractivity contribution in [2.45, 2.75) is 17.4 Å². The molecule has 1 saturated heterocycles. The van der Waals surface area contributed by atoms with Crippen LogP contribution in [0.5, 0.6) is 0 Å². The molecule has 0 amide bonds. The van der Waals surface area contributed by atoms with Gasteiger partial charge in [-0.25, -0.2) is 13.2 Å². The molecule has 0 aromatic heterocycles. The molecular weight excluding hydrogens is 430 g/mol. The third kappa shape index (κ3) is 3.65. The zero-order valence-corrected chi connectivity index (χ0v) is 15.0. The summed E-state index contributed by atoms with van der Waals surface area (Å²) in [7, 11) is -3.64. The number of hydrogen-bond acceptors (Lipinski definition) is 4. The van der Waals surface area contributed by atoms with Crippen molar-refractivity contribution in [3.05, 3.63) is 27.1 Å². The predicted molar refractivity (Wildman–Crippen MR) is 82.6 cm³/mol. The summed E-state index contributed by atoms with van der Waals surface area (Å²) in [4.78, 5) is 10.7. The Kier molecular flexibility index (Phi) is 4.79. The molecular formula is C12H13Br2NO5S. The monoisotopic (exact) mass is 441 g/mol. The molecule has 0 aliphatic carbocycles. The van der Waals surface area contributed by atoms with Gasteiger partial charge in [-0.3, -0.25) is 0 Å². The second-order valence-electron chi connectivity index (χ2n) is 4.98. The van der Waals surface area contributed by atoms with Crippen LogP contribution < -0.4 is 0 Å². The highest BCUT2D eigenvalue weighted by molar-refractivity contribution is 9.11. The number of sulfonamides is 1. The van der Waals surface area contributed by atoms with Gasteiger partial charge in [-0.1, -0.05) is 15.9 Å². The van der Waals surface area contributed by atoms with Crippen molar-refractivity contribution >= 4 is 47.9 Å². The molecule has 9 heteroatoms. The first-order chi connectivity index (χ1) is 9.64. The molecule has 6 nitrogen and oxygen atoms in total. The summed E-state index contributed by atoms with van der Waals surface area (Å²) in [6, 6.07) is 4.91. The topological polar surface area (TPSA) is 83.9 Å². The first-order valence-electron chi connectivity index (χ1n) is 5.95. The first-order valence-corrected chi connectivity index (χ1v) is 8.98. The Morgan fingerprint density at radius 3 is 2.62 bits per heavy atom. The molecule has 0 unspecified atom stereocenters. The van der Waals surface area contributed by atoms with Gasteiger partial charge in [-0.15, -0.1) is 0 Å². The van der Waals surface area contributed by atoms with Crippen molar-refractivity contribution in [2.24, 2.45) is 0 Å². The van der Waals surface area contributed by atoms with Gasteiger partial charge < -0.3 is 9.84 Å². The van der Waals surface area contributed by atoms with Gasteiger partial charge in [0, 0.05) is 22.0 Å². The summed E-state index contributed by atoms with van der Waals surface area (Å²) in [5.41, 5.74) is -0.760. The van der Waals surface area contributed by atoms with Crippen molar-refractivity contribution in [3.63, 3.8) is 0 Å². The minimum Gasteiger partial charge on any atom is -0.480 e. The Labute approximate surface area is 139 Å². The third-order valence-corrected chi connectivity index (χ3v) is 6.36. The third-order valence-electron chi connectivity index (χ3n) is 3.08. The van der Waals surface area contributed by atoms with Crippen LogP contribution in [0.1, 0.15) is 6.92 Å². The highest BCUT2D eigenvalue weighted by Crippen LogP contribution is 2.34. The number of carboxylic acids is 1. The fourth-order valence-corrected chi connectivity index (χ4v) is 5.14. The molecule has 1 aromatic rings. The van der Waals surface area contributed by atoms with E-state index in [-0.39, 0.29) is 18.0 Å². The van der Waals surface area contributed by atoms with E-state index >= 15 is 0 Å². The van der Waals surface area contributed by atoms with E-state index in [9.17, 15) is 13.2 Å². The number of nitrogens with zero attached hydrogens (tertiary/aromatic N) is 1. The number of hydrogen-bond donors (Lipinski definition) is 1. The Hall–Kier alpha value is -0.480. The normalized spacial score (nSPS) is 18.2. The Morgan fingerprint density at radius 1 is 1.43 bits per heavy atom. The van der Waals surface area contributed by atoms with Gasteiger partial charge in [-0.2, -0.15) is 4.31 Å². The van der Waals surface area contributed by atoms with Crippen LogP contribution in [0.3, 0.4) is 0 Å². The number of halogens is 2. The summed E-state index contributed by atoms with van der Waals surface area (Å²) in [5.74, 6) is -1.08. The standard InChI is InChI=1S/C12H13Br2NO5S/c1-12(20-5-11(16)17)6-15(7-12)21(18,19)10-4-8(13)2-3-9(10)14/h2-4H,5-7H2,1H3,(H,16,17). The molecule has 2 rings (SSSR count). The number of carboxylic acid groups (broad SMARTS) is 1. The quantitative estimate of drug-likeness (QED) is 0.754. The zero-order valence-electron chi connectivity index (χ0n) is 11.0. The van der Waals surface area contributed by atoms with Gasteiger partial charge in [0.05, 0.1) is 10.5 Å². The van der Waals surface area contributed by atoms with Crippen LogP contribution in [0, 0.1) is 0 Å². The van der Waals surface area contributed by atoms with E-state index in [0.717, 1.165) is 0 Å². The predicted octanol–water partition coefficient (Wildman–Crippen LogP) is 2.08. The summed E-state index contributed by atoms with van der Waals surface area (Å²) >= 11 is 6.48. The van der Waals surface area contributed by atoms with Crippen molar-refractivity contribution in [1.29, 1.82) is 0 Å². The molecule has 116 valence electrons. The lowest BCUT2D eigenvalue weighted by atomic mass is 10.0. The minimum absolute atomic E-state index is 0.127.